The summed E-state index contributed by atoms with van der Waals surface area (Å²) in [6, 6.07) is 6.54. The molecule has 0 N–H and O–H groups in total. The summed E-state index contributed by atoms with van der Waals surface area (Å²) in [5.74, 6) is 0.607. The first-order valence-electron chi connectivity index (χ1n) is 8.98. The molecule has 2 heterocycles. The lowest BCUT2D eigenvalue weighted by Crippen LogP contribution is -2.63. The van der Waals surface area contributed by atoms with E-state index in [0.29, 0.717) is 31.8 Å². The van der Waals surface area contributed by atoms with E-state index in [1.165, 1.54) is 11.4 Å². The van der Waals surface area contributed by atoms with E-state index in [-0.39, 0.29) is 10.8 Å². The molecule has 2 fully saturated rings. The zero-order chi connectivity index (χ0) is 18.8. The van der Waals surface area contributed by atoms with Crippen LogP contribution in [0.4, 0.5) is 0 Å². The predicted octanol–water partition coefficient (Wildman–Crippen LogP) is 2.42. The average molecular weight is 378 g/mol. The Balaban J connectivity index is 1.91. The Morgan fingerprint density at radius 1 is 1.31 bits per heavy atom. The summed E-state index contributed by atoms with van der Waals surface area (Å²) in [4.78, 5) is 14.5. The zero-order valence-electron chi connectivity index (χ0n) is 15.2. The van der Waals surface area contributed by atoms with Crippen molar-refractivity contribution < 1.29 is 17.9 Å². The van der Waals surface area contributed by atoms with E-state index >= 15 is 0 Å². The third-order valence-corrected chi connectivity index (χ3v) is 7.26. The second kappa shape index (κ2) is 7.40. The topological polar surface area (TPSA) is 66.9 Å². The molecular weight excluding hydrogens is 352 g/mol. The fraction of sp³-hybridized carbons (Fsp3) is 0.526. The van der Waals surface area contributed by atoms with Crippen molar-refractivity contribution in [3.8, 4) is 5.75 Å². The Hall–Kier alpha value is -1.86. The summed E-state index contributed by atoms with van der Waals surface area (Å²) < 4.78 is 33.0. The first-order valence-corrected chi connectivity index (χ1v) is 10.4. The van der Waals surface area contributed by atoms with Gasteiger partial charge < -0.3 is 9.64 Å². The minimum Gasteiger partial charge on any atom is -0.497 e. The summed E-state index contributed by atoms with van der Waals surface area (Å²) in [6.07, 6.45) is 5.45. The first-order chi connectivity index (χ1) is 12.4. The molecular formula is C19H26N2O4S. The van der Waals surface area contributed by atoms with Gasteiger partial charge in [-0.3, -0.25) is 4.79 Å². The van der Waals surface area contributed by atoms with Gasteiger partial charge in [-0.05, 0) is 37.8 Å². The highest BCUT2D eigenvalue weighted by molar-refractivity contribution is 7.89. The van der Waals surface area contributed by atoms with Crippen LogP contribution < -0.4 is 4.74 Å². The maximum atomic E-state index is 13.2. The second-order valence-electron chi connectivity index (χ2n) is 6.99. The molecule has 1 aromatic rings. The second-order valence-corrected chi connectivity index (χ2v) is 8.93. The van der Waals surface area contributed by atoms with Crippen molar-refractivity contribution >= 4 is 15.9 Å². The number of likely N-dealkylation sites (tertiary alicyclic amines) is 1. The Bertz CT molecular complexity index is 788. The van der Waals surface area contributed by atoms with Crippen molar-refractivity contribution in [1.29, 1.82) is 0 Å². The van der Waals surface area contributed by atoms with Crippen LogP contribution in [-0.4, -0.2) is 55.8 Å². The van der Waals surface area contributed by atoms with Crippen molar-refractivity contribution in [3.63, 3.8) is 0 Å². The van der Waals surface area contributed by atoms with Gasteiger partial charge in [0.25, 0.3) is 0 Å². The normalized spacial score (nSPS) is 24.7. The Labute approximate surface area is 155 Å². The van der Waals surface area contributed by atoms with E-state index in [0.717, 1.165) is 25.7 Å². The molecule has 0 aromatic heterocycles. The molecule has 2 aliphatic rings. The highest BCUT2D eigenvalue weighted by Crippen LogP contribution is 2.38. The number of rotatable bonds is 5. The van der Waals surface area contributed by atoms with Crippen molar-refractivity contribution in [2.75, 3.05) is 26.7 Å². The number of nitrogens with zero attached hydrogens (tertiary/aromatic N) is 2. The zero-order valence-corrected chi connectivity index (χ0v) is 16.0. The quantitative estimate of drug-likeness (QED) is 0.738. The van der Waals surface area contributed by atoms with E-state index in [1.807, 2.05) is 4.90 Å². The fourth-order valence-electron chi connectivity index (χ4n) is 4.14. The molecule has 0 unspecified atom stereocenters. The van der Waals surface area contributed by atoms with Crippen LogP contribution in [0.2, 0.25) is 0 Å². The molecule has 6 nitrogen and oxygen atoms in total. The minimum absolute atomic E-state index is 0.0942. The van der Waals surface area contributed by atoms with Crippen LogP contribution in [0.1, 0.15) is 32.1 Å². The number of benzene rings is 1. The van der Waals surface area contributed by atoms with Crippen LogP contribution in [0.25, 0.3) is 0 Å². The van der Waals surface area contributed by atoms with E-state index in [4.69, 9.17) is 4.74 Å². The van der Waals surface area contributed by atoms with Gasteiger partial charge in [-0.1, -0.05) is 12.1 Å². The lowest BCUT2D eigenvalue weighted by atomic mass is 9.80. The maximum absolute atomic E-state index is 13.2. The molecule has 142 valence electrons. The van der Waals surface area contributed by atoms with Crippen LogP contribution in [0.15, 0.2) is 41.8 Å². The summed E-state index contributed by atoms with van der Waals surface area (Å²) in [6.45, 7) is 5.04. The van der Waals surface area contributed by atoms with Gasteiger partial charge in [0, 0.05) is 32.1 Å². The SMILES string of the molecule is C=CCN1C(=O)CCC[C@@]12CCCN(S(=O)(=O)c1cccc(OC)c1)C2. The lowest BCUT2D eigenvalue weighted by Gasteiger charge is -2.51. The van der Waals surface area contributed by atoms with Gasteiger partial charge in [-0.25, -0.2) is 8.42 Å². The number of piperidine rings is 2. The number of hydrogen-bond acceptors (Lipinski definition) is 4. The summed E-state index contributed by atoms with van der Waals surface area (Å²) in [7, 11) is -2.12. The van der Waals surface area contributed by atoms with E-state index < -0.39 is 15.6 Å². The van der Waals surface area contributed by atoms with Gasteiger partial charge in [-0.15, -0.1) is 6.58 Å². The molecule has 2 saturated heterocycles. The predicted molar refractivity (Wildman–Crippen MR) is 99.5 cm³/mol. The average Bonchev–Trinajstić information content (AvgIpc) is 2.65. The smallest absolute Gasteiger partial charge is 0.243 e. The van der Waals surface area contributed by atoms with Crippen molar-refractivity contribution in [3.05, 3.63) is 36.9 Å². The molecule has 0 bridgehead atoms. The summed E-state index contributed by atoms with van der Waals surface area (Å²) in [5, 5.41) is 0. The number of sulfonamides is 1. The molecule has 3 rings (SSSR count). The largest absolute Gasteiger partial charge is 0.497 e. The van der Waals surface area contributed by atoms with Gasteiger partial charge >= 0.3 is 0 Å². The van der Waals surface area contributed by atoms with Crippen molar-refractivity contribution in [2.45, 2.75) is 42.5 Å². The number of methoxy groups -OCH3 is 1. The number of carbonyl (C=O) groups is 1. The molecule has 2 aliphatic heterocycles. The monoisotopic (exact) mass is 378 g/mol. The fourth-order valence-corrected chi connectivity index (χ4v) is 5.73. The minimum atomic E-state index is -3.64. The summed E-state index contributed by atoms with van der Waals surface area (Å²) >= 11 is 0. The Morgan fingerprint density at radius 3 is 2.81 bits per heavy atom. The lowest BCUT2D eigenvalue weighted by molar-refractivity contribution is -0.143. The van der Waals surface area contributed by atoms with Gasteiger partial charge in [-0.2, -0.15) is 4.31 Å². The third kappa shape index (κ3) is 3.38. The molecule has 1 aromatic carbocycles. The highest BCUT2D eigenvalue weighted by atomic mass is 32.2. The first kappa shape index (κ1) is 18.9. The van der Waals surface area contributed by atoms with Crippen LogP contribution >= 0.6 is 0 Å². The van der Waals surface area contributed by atoms with Crippen LogP contribution in [0.3, 0.4) is 0 Å². The standard InChI is InChI=1S/C19H26N2O4S/c1-3-12-21-18(22)9-5-10-19(21)11-6-13-20(15-19)26(23,24)17-8-4-7-16(14-17)25-2/h3-4,7-8,14H,1,5-6,9-13,15H2,2H3/t19-/m0/s1. The maximum Gasteiger partial charge on any atom is 0.243 e. The van der Waals surface area contributed by atoms with Gasteiger partial charge in [0.1, 0.15) is 5.75 Å². The van der Waals surface area contributed by atoms with Crippen LogP contribution in [0, 0.1) is 0 Å². The number of carbonyl (C=O) groups excluding carboxylic acids is 1. The van der Waals surface area contributed by atoms with E-state index in [2.05, 4.69) is 6.58 Å². The molecule has 1 atom stereocenters. The van der Waals surface area contributed by atoms with Crippen molar-refractivity contribution in [1.82, 2.24) is 9.21 Å². The van der Waals surface area contributed by atoms with Gasteiger partial charge in [0.05, 0.1) is 17.5 Å². The highest BCUT2D eigenvalue weighted by Gasteiger charge is 2.47. The van der Waals surface area contributed by atoms with Crippen LogP contribution in [-0.2, 0) is 14.8 Å². The molecule has 1 amide bonds. The van der Waals surface area contributed by atoms with Gasteiger partial charge in [0.15, 0.2) is 0 Å². The van der Waals surface area contributed by atoms with Crippen molar-refractivity contribution in [2.24, 2.45) is 0 Å². The Kier molecular flexibility index (Phi) is 5.39. The van der Waals surface area contributed by atoms with E-state index in [9.17, 15) is 13.2 Å². The molecule has 1 spiro atoms. The molecule has 26 heavy (non-hydrogen) atoms. The molecule has 7 heteroatoms. The molecule has 0 radical (unpaired) electrons. The van der Waals surface area contributed by atoms with Gasteiger partial charge in [0.2, 0.25) is 15.9 Å². The molecule has 0 saturated carbocycles. The van der Waals surface area contributed by atoms with Crippen LogP contribution in [0.5, 0.6) is 5.75 Å². The summed E-state index contributed by atoms with van der Waals surface area (Å²) in [5.41, 5.74) is -0.423. The molecule has 0 aliphatic carbocycles. The Morgan fingerprint density at radius 2 is 2.08 bits per heavy atom. The van der Waals surface area contributed by atoms with E-state index in [1.54, 1.807) is 30.3 Å². The third-order valence-electron chi connectivity index (χ3n) is 5.42. The number of amides is 1. The number of ether oxygens (including phenoxy) is 1. The number of hydrogen-bond donors (Lipinski definition) is 0.